The van der Waals surface area contributed by atoms with Gasteiger partial charge in [-0.3, -0.25) is 4.79 Å². The Balaban J connectivity index is 1.74. The third kappa shape index (κ3) is 3.49. The predicted octanol–water partition coefficient (Wildman–Crippen LogP) is 1.93. The molecular formula is C18H20N2O3S. The lowest BCUT2D eigenvalue weighted by atomic mass is 10.1. The van der Waals surface area contributed by atoms with E-state index in [1.807, 2.05) is 6.07 Å². The smallest absolute Gasteiger partial charge is 0.251 e. The van der Waals surface area contributed by atoms with Gasteiger partial charge in [-0.1, -0.05) is 24.3 Å². The van der Waals surface area contributed by atoms with Crippen LogP contribution in [0, 0.1) is 6.92 Å². The van der Waals surface area contributed by atoms with Gasteiger partial charge in [-0.2, -0.15) is 0 Å². The molecule has 0 spiro atoms. The zero-order valence-corrected chi connectivity index (χ0v) is 14.5. The van der Waals surface area contributed by atoms with E-state index in [0.717, 1.165) is 24.9 Å². The highest BCUT2D eigenvalue weighted by molar-refractivity contribution is 7.90. The first-order chi connectivity index (χ1) is 11.3. The van der Waals surface area contributed by atoms with Gasteiger partial charge in [0.2, 0.25) is 0 Å². The van der Waals surface area contributed by atoms with Gasteiger partial charge in [0.25, 0.3) is 5.91 Å². The van der Waals surface area contributed by atoms with E-state index in [-0.39, 0.29) is 10.8 Å². The standard InChI is InChI=1S/C18H20N2O3S/c1-12-3-5-14(8-17(12)24(2,22)23)18(21)20-9-13-4-6-15-10-19-11-16(15)7-13/h3-8,19H,9-11H2,1-2H3,(H,20,21). The van der Waals surface area contributed by atoms with Crippen LogP contribution in [-0.4, -0.2) is 20.6 Å². The number of amides is 1. The van der Waals surface area contributed by atoms with Crippen LogP contribution in [0.15, 0.2) is 41.3 Å². The van der Waals surface area contributed by atoms with Crippen LogP contribution in [0.2, 0.25) is 0 Å². The summed E-state index contributed by atoms with van der Waals surface area (Å²) in [7, 11) is -3.35. The first-order valence-electron chi connectivity index (χ1n) is 7.75. The molecule has 0 bridgehead atoms. The Labute approximate surface area is 142 Å². The minimum absolute atomic E-state index is 0.193. The molecule has 0 fully saturated rings. The minimum atomic E-state index is -3.35. The topological polar surface area (TPSA) is 75.3 Å². The van der Waals surface area contributed by atoms with Crippen molar-refractivity contribution in [3.63, 3.8) is 0 Å². The van der Waals surface area contributed by atoms with Gasteiger partial charge in [-0.05, 0) is 41.3 Å². The van der Waals surface area contributed by atoms with Crippen LogP contribution in [0.4, 0.5) is 0 Å². The van der Waals surface area contributed by atoms with Crippen LogP contribution in [0.1, 0.15) is 32.6 Å². The van der Waals surface area contributed by atoms with Crippen molar-refractivity contribution < 1.29 is 13.2 Å². The van der Waals surface area contributed by atoms with Crippen molar-refractivity contribution in [2.24, 2.45) is 0 Å². The normalized spacial score (nSPS) is 13.6. The Hall–Kier alpha value is -2.18. The maximum Gasteiger partial charge on any atom is 0.251 e. The van der Waals surface area contributed by atoms with Gasteiger partial charge < -0.3 is 10.6 Å². The Morgan fingerprint density at radius 2 is 1.88 bits per heavy atom. The lowest BCUT2D eigenvalue weighted by Crippen LogP contribution is -2.23. The van der Waals surface area contributed by atoms with E-state index in [1.165, 1.54) is 17.2 Å². The number of carbonyl (C=O) groups is 1. The summed E-state index contributed by atoms with van der Waals surface area (Å²) in [4.78, 5) is 12.5. The first kappa shape index (κ1) is 16.7. The number of fused-ring (bicyclic) bond motifs is 1. The van der Waals surface area contributed by atoms with E-state index < -0.39 is 9.84 Å². The maximum absolute atomic E-state index is 12.3. The number of hydrogen-bond acceptors (Lipinski definition) is 4. The Morgan fingerprint density at radius 3 is 2.62 bits per heavy atom. The minimum Gasteiger partial charge on any atom is -0.348 e. The molecule has 0 saturated carbocycles. The van der Waals surface area contributed by atoms with Gasteiger partial charge in [0.15, 0.2) is 9.84 Å². The SMILES string of the molecule is Cc1ccc(C(=O)NCc2ccc3c(c2)CNC3)cc1S(C)(=O)=O. The van der Waals surface area contributed by atoms with Crippen molar-refractivity contribution in [2.45, 2.75) is 31.5 Å². The second-order valence-electron chi connectivity index (χ2n) is 6.14. The van der Waals surface area contributed by atoms with Crippen LogP contribution >= 0.6 is 0 Å². The Bertz CT molecular complexity index is 904. The molecule has 126 valence electrons. The maximum atomic E-state index is 12.3. The molecule has 6 heteroatoms. The molecule has 2 aromatic carbocycles. The van der Waals surface area contributed by atoms with E-state index in [9.17, 15) is 13.2 Å². The molecule has 24 heavy (non-hydrogen) atoms. The van der Waals surface area contributed by atoms with Crippen LogP contribution in [-0.2, 0) is 29.5 Å². The van der Waals surface area contributed by atoms with E-state index in [1.54, 1.807) is 19.1 Å². The molecule has 0 saturated heterocycles. The van der Waals surface area contributed by atoms with Gasteiger partial charge in [0, 0.05) is 31.5 Å². The highest BCUT2D eigenvalue weighted by atomic mass is 32.2. The summed E-state index contributed by atoms with van der Waals surface area (Å²) in [5, 5.41) is 6.14. The third-order valence-electron chi connectivity index (χ3n) is 4.20. The van der Waals surface area contributed by atoms with Crippen molar-refractivity contribution in [2.75, 3.05) is 6.26 Å². The number of carbonyl (C=O) groups excluding carboxylic acids is 1. The number of sulfone groups is 1. The van der Waals surface area contributed by atoms with E-state index in [4.69, 9.17) is 0 Å². The fourth-order valence-electron chi connectivity index (χ4n) is 2.88. The molecule has 1 amide bonds. The van der Waals surface area contributed by atoms with Gasteiger partial charge in [0.05, 0.1) is 4.90 Å². The van der Waals surface area contributed by atoms with E-state index >= 15 is 0 Å². The largest absolute Gasteiger partial charge is 0.348 e. The molecule has 2 N–H and O–H groups in total. The molecule has 3 rings (SSSR count). The number of benzene rings is 2. The average molecular weight is 344 g/mol. The molecule has 1 heterocycles. The lowest BCUT2D eigenvalue weighted by molar-refractivity contribution is 0.0950. The van der Waals surface area contributed by atoms with Gasteiger partial charge >= 0.3 is 0 Å². The van der Waals surface area contributed by atoms with E-state index in [0.29, 0.717) is 17.7 Å². The molecule has 5 nitrogen and oxygen atoms in total. The summed E-state index contributed by atoms with van der Waals surface area (Å²) in [6.45, 7) is 3.87. The second kappa shape index (κ2) is 6.37. The van der Waals surface area contributed by atoms with Crippen molar-refractivity contribution in [3.8, 4) is 0 Å². The van der Waals surface area contributed by atoms with Crippen molar-refractivity contribution in [1.29, 1.82) is 0 Å². The highest BCUT2D eigenvalue weighted by Crippen LogP contribution is 2.18. The number of hydrogen-bond donors (Lipinski definition) is 2. The average Bonchev–Trinajstić information content (AvgIpc) is 2.99. The molecule has 1 aliphatic heterocycles. The molecule has 0 atom stereocenters. The van der Waals surface area contributed by atoms with Crippen LogP contribution in [0.5, 0.6) is 0 Å². The summed E-state index contributed by atoms with van der Waals surface area (Å²) in [6, 6.07) is 10.9. The Kier molecular flexibility index (Phi) is 4.43. The number of rotatable bonds is 4. The molecule has 0 aliphatic carbocycles. The summed E-state index contributed by atoms with van der Waals surface area (Å²) in [5.41, 5.74) is 4.57. The Morgan fingerprint density at radius 1 is 1.12 bits per heavy atom. The second-order valence-corrected chi connectivity index (χ2v) is 8.13. The summed E-state index contributed by atoms with van der Waals surface area (Å²) < 4.78 is 23.6. The highest BCUT2D eigenvalue weighted by Gasteiger charge is 2.15. The molecule has 0 unspecified atom stereocenters. The van der Waals surface area contributed by atoms with Crippen LogP contribution in [0.25, 0.3) is 0 Å². The van der Waals surface area contributed by atoms with Gasteiger partial charge in [-0.15, -0.1) is 0 Å². The summed E-state index contributed by atoms with van der Waals surface area (Å²) >= 11 is 0. The fraction of sp³-hybridized carbons (Fsp3) is 0.278. The molecular weight excluding hydrogens is 324 g/mol. The molecule has 0 radical (unpaired) electrons. The molecule has 2 aromatic rings. The van der Waals surface area contributed by atoms with E-state index in [2.05, 4.69) is 22.8 Å². The fourth-order valence-corrected chi connectivity index (χ4v) is 3.88. The van der Waals surface area contributed by atoms with Crippen LogP contribution < -0.4 is 10.6 Å². The van der Waals surface area contributed by atoms with Crippen molar-refractivity contribution >= 4 is 15.7 Å². The monoisotopic (exact) mass is 344 g/mol. The lowest BCUT2D eigenvalue weighted by Gasteiger charge is -2.09. The van der Waals surface area contributed by atoms with Crippen molar-refractivity contribution in [3.05, 3.63) is 64.2 Å². The zero-order valence-electron chi connectivity index (χ0n) is 13.7. The number of aryl methyl sites for hydroxylation is 1. The predicted molar refractivity (Wildman–Crippen MR) is 92.4 cm³/mol. The third-order valence-corrected chi connectivity index (χ3v) is 5.44. The summed E-state index contributed by atoms with van der Waals surface area (Å²) in [5.74, 6) is -0.279. The quantitative estimate of drug-likeness (QED) is 0.889. The number of nitrogens with one attached hydrogen (secondary N) is 2. The van der Waals surface area contributed by atoms with Gasteiger partial charge in [0.1, 0.15) is 0 Å². The van der Waals surface area contributed by atoms with Crippen LogP contribution in [0.3, 0.4) is 0 Å². The summed E-state index contributed by atoms with van der Waals surface area (Å²) in [6.07, 6.45) is 1.15. The molecule has 1 aliphatic rings. The molecule has 0 aromatic heterocycles. The zero-order chi connectivity index (χ0) is 17.3. The van der Waals surface area contributed by atoms with Crippen molar-refractivity contribution in [1.82, 2.24) is 10.6 Å². The first-order valence-corrected chi connectivity index (χ1v) is 9.64. The van der Waals surface area contributed by atoms with Gasteiger partial charge in [-0.25, -0.2) is 8.42 Å².